The molecular formula is C19H20Cl2N2O2S. The second kappa shape index (κ2) is 8.07. The third-order valence-electron chi connectivity index (χ3n) is 4.59. The van der Waals surface area contributed by atoms with Crippen LogP contribution in [0.5, 0.6) is 5.75 Å². The van der Waals surface area contributed by atoms with Crippen molar-refractivity contribution in [2.75, 3.05) is 0 Å². The third-order valence-corrected chi connectivity index (χ3v) is 6.39. The molecule has 1 fully saturated rings. The summed E-state index contributed by atoms with van der Waals surface area (Å²) in [5, 5.41) is 10.7. The number of aromatic hydroxyl groups is 1. The summed E-state index contributed by atoms with van der Waals surface area (Å²) in [6.45, 7) is 4.16. The van der Waals surface area contributed by atoms with E-state index in [4.69, 9.17) is 23.2 Å². The van der Waals surface area contributed by atoms with Crippen molar-refractivity contribution < 1.29 is 9.90 Å². The minimum absolute atomic E-state index is 0.0215. The van der Waals surface area contributed by atoms with Gasteiger partial charge in [0.1, 0.15) is 11.4 Å². The molecule has 0 radical (unpaired) electrons. The number of likely N-dealkylation sites (tertiary alicyclic amines) is 1. The van der Waals surface area contributed by atoms with Crippen LogP contribution in [0.4, 0.5) is 0 Å². The molecule has 1 aromatic heterocycles. The summed E-state index contributed by atoms with van der Waals surface area (Å²) in [6.07, 6.45) is 2.05. The Labute approximate surface area is 167 Å². The van der Waals surface area contributed by atoms with Crippen LogP contribution in [0.2, 0.25) is 10.0 Å². The highest BCUT2D eigenvalue weighted by Crippen LogP contribution is 2.37. The molecule has 3 rings (SSSR count). The Morgan fingerprint density at radius 3 is 2.58 bits per heavy atom. The van der Waals surface area contributed by atoms with Crippen molar-refractivity contribution in [1.29, 1.82) is 0 Å². The molecule has 2 atom stereocenters. The second-order valence-corrected chi connectivity index (χ2v) is 8.36. The van der Waals surface area contributed by atoms with Gasteiger partial charge >= 0.3 is 0 Å². The summed E-state index contributed by atoms with van der Waals surface area (Å²) in [4.78, 5) is 19.9. The molecule has 0 bridgehead atoms. The van der Waals surface area contributed by atoms with Crippen molar-refractivity contribution in [3.05, 3.63) is 51.8 Å². The van der Waals surface area contributed by atoms with Crippen LogP contribution in [0.25, 0.3) is 0 Å². The normalized spacial score (nSPS) is 19.8. The number of carbonyl (C=O) groups excluding carboxylic acids is 1. The number of phenols is 1. The third kappa shape index (κ3) is 4.11. The fourth-order valence-corrected chi connectivity index (χ4v) is 4.45. The predicted octanol–water partition coefficient (Wildman–Crippen LogP) is 5.40. The van der Waals surface area contributed by atoms with Crippen molar-refractivity contribution >= 4 is 40.9 Å². The number of carbonyl (C=O) groups is 1. The van der Waals surface area contributed by atoms with E-state index in [-0.39, 0.29) is 23.7 Å². The molecule has 7 heteroatoms. The highest BCUT2D eigenvalue weighted by Gasteiger charge is 2.32. The molecule has 4 nitrogen and oxygen atoms in total. The smallest absolute Gasteiger partial charge is 0.272 e. The van der Waals surface area contributed by atoms with Crippen LogP contribution in [-0.2, 0) is 5.75 Å². The van der Waals surface area contributed by atoms with Gasteiger partial charge in [0, 0.05) is 23.9 Å². The fraction of sp³-hybridized carbons (Fsp3) is 0.368. The van der Waals surface area contributed by atoms with Crippen LogP contribution in [0.15, 0.2) is 35.2 Å². The number of rotatable bonds is 4. The van der Waals surface area contributed by atoms with Gasteiger partial charge < -0.3 is 10.0 Å². The Hall–Kier alpha value is -1.43. The summed E-state index contributed by atoms with van der Waals surface area (Å²) < 4.78 is 0. The highest BCUT2D eigenvalue weighted by atomic mass is 35.5. The molecule has 1 amide bonds. The van der Waals surface area contributed by atoms with Crippen molar-refractivity contribution in [1.82, 2.24) is 9.88 Å². The summed E-state index contributed by atoms with van der Waals surface area (Å²) in [7, 11) is 0. The fourth-order valence-electron chi connectivity index (χ4n) is 3.19. The van der Waals surface area contributed by atoms with Gasteiger partial charge in [-0.25, -0.2) is 4.98 Å². The lowest BCUT2D eigenvalue weighted by Crippen LogP contribution is -2.39. The maximum absolute atomic E-state index is 12.8. The van der Waals surface area contributed by atoms with Gasteiger partial charge in [-0.05, 0) is 44.9 Å². The molecule has 1 aliphatic rings. The Morgan fingerprint density at radius 2 is 1.88 bits per heavy atom. The molecule has 0 saturated carbocycles. The van der Waals surface area contributed by atoms with E-state index in [0.717, 1.165) is 18.5 Å². The topological polar surface area (TPSA) is 53.4 Å². The first-order valence-corrected chi connectivity index (χ1v) is 10.2. The van der Waals surface area contributed by atoms with Crippen LogP contribution < -0.4 is 0 Å². The first-order valence-electron chi connectivity index (χ1n) is 8.46. The molecule has 1 saturated heterocycles. The largest absolute Gasteiger partial charge is 0.507 e. The standard InChI is InChI=1S/C19H20Cl2N2O2S/c1-11-6-7-12(2)23(11)19(25)16-5-3-4-13(22-16)10-26-18-9-15(21)14(20)8-17(18)24/h3-5,8-9,11-12,24H,6-7,10H2,1-2H3. The van der Waals surface area contributed by atoms with Crippen LogP contribution >= 0.6 is 35.0 Å². The van der Waals surface area contributed by atoms with E-state index in [1.165, 1.54) is 17.8 Å². The molecule has 138 valence electrons. The number of hydrogen-bond acceptors (Lipinski definition) is 4. The number of amides is 1. The lowest BCUT2D eigenvalue weighted by molar-refractivity contribution is 0.0686. The van der Waals surface area contributed by atoms with E-state index in [0.29, 0.717) is 26.4 Å². The zero-order valence-electron chi connectivity index (χ0n) is 14.6. The van der Waals surface area contributed by atoms with E-state index in [1.54, 1.807) is 12.1 Å². The van der Waals surface area contributed by atoms with Gasteiger partial charge in [0.2, 0.25) is 0 Å². The first kappa shape index (κ1) is 19.3. The molecule has 2 aromatic rings. The second-order valence-electron chi connectivity index (χ2n) is 6.52. The van der Waals surface area contributed by atoms with Crippen molar-refractivity contribution in [3.8, 4) is 5.75 Å². The SMILES string of the molecule is CC1CCC(C)N1C(=O)c1cccc(CSc2cc(Cl)c(Cl)cc2O)n1. The Morgan fingerprint density at radius 1 is 1.23 bits per heavy atom. The van der Waals surface area contributed by atoms with Gasteiger partial charge in [-0.2, -0.15) is 0 Å². The summed E-state index contributed by atoms with van der Waals surface area (Å²) >= 11 is 13.3. The van der Waals surface area contributed by atoms with Gasteiger partial charge in [-0.3, -0.25) is 4.79 Å². The highest BCUT2D eigenvalue weighted by molar-refractivity contribution is 7.98. The molecule has 1 aromatic carbocycles. The van der Waals surface area contributed by atoms with Crippen molar-refractivity contribution in [2.45, 2.75) is 49.4 Å². The zero-order chi connectivity index (χ0) is 18.8. The Balaban J connectivity index is 1.74. The van der Waals surface area contributed by atoms with Gasteiger partial charge in [0.05, 0.1) is 20.6 Å². The maximum atomic E-state index is 12.8. The van der Waals surface area contributed by atoms with E-state index in [1.807, 2.05) is 17.0 Å². The summed E-state index contributed by atoms with van der Waals surface area (Å²) in [6, 6.07) is 9.01. The van der Waals surface area contributed by atoms with Crippen molar-refractivity contribution in [3.63, 3.8) is 0 Å². The van der Waals surface area contributed by atoms with Gasteiger partial charge in [-0.1, -0.05) is 29.3 Å². The number of phenolic OH excluding ortho intramolecular Hbond substituents is 1. The molecule has 1 aliphatic heterocycles. The van der Waals surface area contributed by atoms with E-state index in [9.17, 15) is 9.90 Å². The number of benzene rings is 1. The minimum Gasteiger partial charge on any atom is -0.507 e. The van der Waals surface area contributed by atoms with E-state index >= 15 is 0 Å². The average molecular weight is 411 g/mol. The van der Waals surface area contributed by atoms with Gasteiger partial charge in [0.25, 0.3) is 5.91 Å². The predicted molar refractivity (Wildman–Crippen MR) is 106 cm³/mol. The van der Waals surface area contributed by atoms with E-state index < -0.39 is 0 Å². The monoisotopic (exact) mass is 410 g/mol. The molecular weight excluding hydrogens is 391 g/mol. The van der Waals surface area contributed by atoms with Crippen LogP contribution in [-0.4, -0.2) is 33.0 Å². The molecule has 0 spiro atoms. The maximum Gasteiger partial charge on any atom is 0.272 e. The van der Waals surface area contributed by atoms with Gasteiger partial charge in [0.15, 0.2) is 0 Å². The van der Waals surface area contributed by atoms with Gasteiger partial charge in [-0.15, -0.1) is 11.8 Å². The summed E-state index contributed by atoms with van der Waals surface area (Å²) in [5.74, 6) is 0.570. The average Bonchev–Trinajstić information content (AvgIpc) is 2.95. The number of nitrogens with zero attached hydrogens (tertiary/aromatic N) is 2. The number of thioether (sulfide) groups is 1. The first-order chi connectivity index (χ1) is 12.4. The van der Waals surface area contributed by atoms with Crippen LogP contribution in [0, 0.1) is 0 Å². The number of aromatic nitrogens is 1. The summed E-state index contributed by atoms with van der Waals surface area (Å²) in [5.41, 5.74) is 1.23. The zero-order valence-corrected chi connectivity index (χ0v) is 16.9. The molecule has 1 N–H and O–H groups in total. The molecule has 2 heterocycles. The van der Waals surface area contributed by atoms with Crippen molar-refractivity contribution in [2.24, 2.45) is 0 Å². The van der Waals surface area contributed by atoms with E-state index in [2.05, 4.69) is 18.8 Å². The molecule has 0 aliphatic carbocycles. The Bertz CT molecular complexity index is 821. The van der Waals surface area contributed by atoms with Crippen LogP contribution in [0.3, 0.4) is 0 Å². The Kier molecular flexibility index (Phi) is 6.00. The number of hydrogen-bond donors (Lipinski definition) is 1. The lowest BCUT2D eigenvalue weighted by Gasteiger charge is -2.26. The molecule has 2 unspecified atom stereocenters. The lowest BCUT2D eigenvalue weighted by atomic mass is 10.2. The minimum atomic E-state index is -0.0215. The molecule has 26 heavy (non-hydrogen) atoms. The number of pyridine rings is 1. The van der Waals surface area contributed by atoms with Crippen LogP contribution in [0.1, 0.15) is 42.9 Å². The number of halogens is 2. The quantitative estimate of drug-likeness (QED) is 0.685.